The van der Waals surface area contributed by atoms with Gasteiger partial charge in [-0.05, 0) is 12.8 Å². The Morgan fingerprint density at radius 2 is 2.24 bits per heavy atom. The van der Waals surface area contributed by atoms with E-state index in [1.165, 1.54) is 0 Å². The molecule has 0 aromatic carbocycles. The normalized spacial score (nSPS) is 11.3. The molecule has 0 spiro atoms. The van der Waals surface area contributed by atoms with Gasteiger partial charge in [0.2, 0.25) is 0 Å². The number of halogens is 3. The molecule has 0 saturated heterocycles. The average Bonchev–Trinajstić information content (AvgIpc) is 3.01. The number of thiazole rings is 1. The second-order valence-corrected chi connectivity index (χ2v) is 5.16. The van der Waals surface area contributed by atoms with Crippen molar-refractivity contribution in [2.75, 3.05) is 17.6 Å². The molecule has 2 aromatic rings. The van der Waals surface area contributed by atoms with E-state index in [4.69, 9.17) is 11.0 Å². The minimum Gasteiger partial charge on any atom is -0.381 e. The molecule has 6 nitrogen and oxygen atoms in total. The number of nitrogen functional groups attached to an aromatic ring is 1. The molecule has 0 amide bonds. The van der Waals surface area contributed by atoms with Crippen LogP contribution in [0.3, 0.4) is 0 Å². The van der Waals surface area contributed by atoms with Crippen LogP contribution in [-0.2, 0) is 12.6 Å². The predicted octanol–water partition coefficient (Wildman–Crippen LogP) is 2.38. The number of hydrogen-bond donors (Lipinski definition) is 3. The Kier molecular flexibility index (Phi) is 4.32. The smallest absolute Gasteiger partial charge is 0.381 e. The van der Waals surface area contributed by atoms with E-state index in [-0.39, 0.29) is 10.9 Å². The number of nitrogens with two attached hydrogens (primary N) is 1. The van der Waals surface area contributed by atoms with Crippen molar-refractivity contribution in [3.63, 3.8) is 0 Å². The van der Waals surface area contributed by atoms with Crippen LogP contribution in [0.1, 0.15) is 22.6 Å². The van der Waals surface area contributed by atoms with Crippen LogP contribution in [0.5, 0.6) is 0 Å². The molecule has 0 atom stereocenters. The van der Waals surface area contributed by atoms with E-state index in [9.17, 15) is 13.2 Å². The average molecular weight is 316 g/mol. The lowest BCUT2D eigenvalue weighted by Crippen LogP contribution is -2.03. The predicted molar refractivity (Wildman–Crippen MR) is 71.6 cm³/mol. The summed E-state index contributed by atoms with van der Waals surface area (Å²) in [5.41, 5.74) is 6.42. The quantitative estimate of drug-likeness (QED) is 0.735. The number of aromatic nitrogens is 3. The summed E-state index contributed by atoms with van der Waals surface area (Å²) in [6, 6.07) is 1.95. The number of rotatable bonds is 5. The molecule has 0 saturated carbocycles. The molecule has 0 unspecified atom stereocenters. The maximum Gasteiger partial charge on any atom is 0.427 e. The van der Waals surface area contributed by atoms with Crippen LogP contribution in [0.2, 0.25) is 0 Å². The van der Waals surface area contributed by atoms with Gasteiger partial charge in [-0.1, -0.05) is 11.3 Å². The standard InChI is InChI=1S/C11H11F3N6S/c12-11(13,14)8-5-18-10(21-8)17-3-1-2-7-6(4-15)9(16)20-19-7/h5H,1-3H2,(H,17,18)(H3,16,19,20). The Hall–Kier alpha value is -2.28. The molecule has 0 aliphatic heterocycles. The summed E-state index contributed by atoms with van der Waals surface area (Å²) in [5, 5.41) is 18.3. The zero-order valence-corrected chi connectivity index (χ0v) is 11.5. The van der Waals surface area contributed by atoms with E-state index in [1.807, 2.05) is 6.07 Å². The van der Waals surface area contributed by atoms with Crippen LogP contribution in [0, 0.1) is 11.3 Å². The third-order valence-electron chi connectivity index (χ3n) is 2.65. The third-order valence-corrected chi connectivity index (χ3v) is 3.65. The summed E-state index contributed by atoms with van der Waals surface area (Å²) in [7, 11) is 0. The minimum atomic E-state index is -4.37. The number of aromatic amines is 1. The number of alkyl halides is 3. The van der Waals surface area contributed by atoms with Gasteiger partial charge in [0.05, 0.1) is 11.9 Å². The zero-order chi connectivity index (χ0) is 15.5. The lowest BCUT2D eigenvalue weighted by atomic mass is 10.1. The van der Waals surface area contributed by atoms with Gasteiger partial charge in [-0.25, -0.2) is 4.98 Å². The lowest BCUT2D eigenvalue weighted by molar-refractivity contribution is -0.134. The minimum absolute atomic E-state index is 0.148. The van der Waals surface area contributed by atoms with Crippen molar-refractivity contribution in [1.29, 1.82) is 5.26 Å². The van der Waals surface area contributed by atoms with Crippen molar-refractivity contribution in [2.24, 2.45) is 0 Å². The van der Waals surface area contributed by atoms with Crippen molar-refractivity contribution in [2.45, 2.75) is 19.0 Å². The number of nitriles is 1. The maximum absolute atomic E-state index is 12.4. The molecule has 4 N–H and O–H groups in total. The number of hydrogen-bond acceptors (Lipinski definition) is 6. The van der Waals surface area contributed by atoms with Gasteiger partial charge in [0.1, 0.15) is 16.5 Å². The first kappa shape index (κ1) is 15.1. The maximum atomic E-state index is 12.4. The van der Waals surface area contributed by atoms with Gasteiger partial charge in [-0.2, -0.15) is 23.5 Å². The Bertz CT molecular complexity index is 654. The van der Waals surface area contributed by atoms with Crippen molar-refractivity contribution >= 4 is 22.3 Å². The Balaban J connectivity index is 1.83. The fraction of sp³-hybridized carbons (Fsp3) is 0.364. The topological polar surface area (TPSA) is 103 Å². The SMILES string of the molecule is N#Cc1c(N)n[nH]c1CCCNc1ncc(C(F)(F)F)s1. The number of nitrogens with zero attached hydrogens (tertiary/aromatic N) is 3. The van der Waals surface area contributed by atoms with Crippen molar-refractivity contribution in [3.05, 3.63) is 22.3 Å². The number of aryl methyl sites for hydroxylation is 1. The summed E-state index contributed by atoms with van der Waals surface area (Å²) >= 11 is 0.558. The molecule has 0 aliphatic carbocycles. The molecule has 0 fully saturated rings. The first-order valence-electron chi connectivity index (χ1n) is 5.91. The molecule has 2 aromatic heterocycles. The molecule has 0 bridgehead atoms. The molecule has 10 heteroatoms. The molecule has 0 radical (unpaired) electrons. The van der Waals surface area contributed by atoms with Gasteiger partial charge in [-0.15, -0.1) is 0 Å². The summed E-state index contributed by atoms with van der Waals surface area (Å²) in [5.74, 6) is 0.148. The lowest BCUT2D eigenvalue weighted by Gasteiger charge is -2.02. The highest BCUT2D eigenvalue weighted by Crippen LogP contribution is 2.34. The second kappa shape index (κ2) is 6.01. The van der Waals surface area contributed by atoms with Crippen molar-refractivity contribution in [3.8, 4) is 6.07 Å². The van der Waals surface area contributed by atoms with Crippen LogP contribution in [-0.4, -0.2) is 21.7 Å². The Morgan fingerprint density at radius 3 is 2.86 bits per heavy atom. The molecule has 2 rings (SSSR count). The summed E-state index contributed by atoms with van der Waals surface area (Å²) in [6.07, 6.45) is -2.46. The Labute approximate surface area is 121 Å². The van der Waals surface area contributed by atoms with Crippen LogP contribution in [0.4, 0.5) is 24.1 Å². The summed E-state index contributed by atoms with van der Waals surface area (Å²) in [4.78, 5) is 2.92. The molecular weight excluding hydrogens is 305 g/mol. The largest absolute Gasteiger partial charge is 0.427 e. The summed E-state index contributed by atoms with van der Waals surface area (Å²) < 4.78 is 37.2. The van der Waals surface area contributed by atoms with Gasteiger partial charge >= 0.3 is 6.18 Å². The molecule has 2 heterocycles. The zero-order valence-electron chi connectivity index (χ0n) is 10.7. The first-order chi connectivity index (χ1) is 9.91. The van der Waals surface area contributed by atoms with E-state index >= 15 is 0 Å². The Morgan fingerprint density at radius 1 is 1.48 bits per heavy atom. The highest BCUT2D eigenvalue weighted by atomic mass is 32.1. The highest BCUT2D eigenvalue weighted by molar-refractivity contribution is 7.15. The summed E-state index contributed by atoms with van der Waals surface area (Å²) in [6.45, 7) is 0.425. The van der Waals surface area contributed by atoms with Gasteiger partial charge in [-0.3, -0.25) is 5.10 Å². The van der Waals surface area contributed by atoms with E-state index in [0.29, 0.717) is 42.0 Å². The van der Waals surface area contributed by atoms with Crippen LogP contribution in [0.25, 0.3) is 0 Å². The second-order valence-electron chi connectivity index (χ2n) is 4.13. The van der Waals surface area contributed by atoms with E-state index in [2.05, 4.69) is 20.5 Å². The number of H-pyrrole nitrogens is 1. The fourth-order valence-corrected chi connectivity index (χ4v) is 2.36. The number of nitrogens with one attached hydrogen (secondary N) is 2. The van der Waals surface area contributed by atoms with E-state index in [0.717, 1.165) is 6.20 Å². The third kappa shape index (κ3) is 3.63. The monoisotopic (exact) mass is 316 g/mol. The van der Waals surface area contributed by atoms with Gasteiger partial charge in [0, 0.05) is 6.54 Å². The fourth-order valence-electron chi connectivity index (χ4n) is 1.65. The van der Waals surface area contributed by atoms with Gasteiger partial charge in [0.15, 0.2) is 10.9 Å². The molecule has 112 valence electrons. The first-order valence-corrected chi connectivity index (χ1v) is 6.73. The van der Waals surface area contributed by atoms with Gasteiger partial charge < -0.3 is 11.1 Å². The van der Waals surface area contributed by atoms with Crippen LogP contribution < -0.4 is 11.1 Å². The van der Waals surface area contributed by atoms with Crippen molar-refractivity contribution < 1.29 is 13.2 Å². The van der Waals surface area contributed by atoms with Crippen LogP contribution in [0.15, 0.2) is 6.20 Å². The molecule has 0 aliphatic rings. The molecular formula is C11H11F3N6S. The number of anilines is 2. The van der Waals surface area contributed by atoms with Gasteiger partial charge in [0.25, 0.3) is 0 Å². The van der Waals surface area contributed by atoms with E-state index < -0.39 is 11.1 Å². The van der Waals surface area contributed by atoms with Crippen molar-refractivity contribution in [1.82, 2.24) is 15.2 Å². The van der Waals surface area contributed by atoms with Crippen LogP contribution >= 0.6 is 11.3 Å². The highest BCUT2D eigenvalue weighted by Gasteiger charge is 2.33. The molecule has 21 heavy (non-hydrogen) atoms. The van der Waals surface area contributed by atoms with E-state index in [1.54, 1.807) is 0 Å².